The molecule has 17 heavy (non-hydrogen) atoms. The number of nitro benzene ring substituents is 1. The number of nitrogens with zero attached hydrogens (tertiary/aromatic N) is 1. The van der Waals surface area contributed by atoms with Crippen LogP contribution in [0.3, 0.4) is 0 Å². The van der Waals surface area contributed by atoms with E-state index in [4.69, 9.17) is 17.3 Å². The molecule has 6 nitrogen and oxygen atoms in total. The summed E-state index contributed by atoms with van der Waals surface area (Å²) in [6.45, 7) is 1.95. The first kappa shape index (κ1) is 13.4. The van der Waals surface area contributed by atoms with Crippen molar-refractivity contribution in [3.05, 3.63) is 38.9 Å². The predicted molar refractivity (Wildman–Crippen MR) is 64.1 cm³/mol. The van der Waals surface area contributed by atoms with Gasteiger partial charge in [-0.1, -0.05) is 11.6 Å². The van der Waals surface area contributed by atoms with Gasteiger partial charge in [-0.2, -0.15) is 0 Å². The zero-order valence-electron chi connectivity index (χ0n) is 9.14. The Hall–Kier alpha value is -1.66. The highest BCUT2D eigenvalue weighted by atomic mass is 35.5. The lowest BCUT2D eigenvalue weighted by atomic mass is 10.1. The molecule has 3 N–H and O–H groups in total. The second-order valence-electron chi connectivity index (χ2n) is 3.53. The minimum atomic E-state index is -0.627. The van der Waals surface area contributed by atoms with E-state index in [1.165, 1.54) is 18.2 Å². The van der Waals surface area contributed by atoms with Crippen molar-refractivity contribution < 1.29 is 9.72 Å². The highest BCUT2D eigenvalue weighted by Gasteiger charge is 2.21. The van der Waals surface area contributed by atoms with Gasteiger partial charge in [0.25, 0.3) is 11.6 Å². The summed E-state index contributed by atoms with van der Waals surface area (Å²) in [7, 11) is 0. The van der Waals surface area contributed by atoms with Crippen LogP contribution < -0.4 is 11.1 Å². The van der Waals surface area contributed by atoms with Crippen molar-refractivity contribution in [2.75, 3.05) is 6.54 Å². The van der Waals surface area contributed by atoms with Crippen molar-refractivity contribution in [2.24, 2.45) is 5.73 Å². The SMILES string of the molecule is C[C@@H](CN)NC(=O)c1cc(Cl)ccc1[N+](=O)[O-]. The molecule has 1 atom stereocenters. The zero-order valence-corrected chi connectivity index (χ0v) is 9.90. The number of hydrogen-bond acceptors (Lipinski definition) is 4. The van der Waals surface area contributed by atoms with Gasteiger partial charge in [0.05, 0.1) is 4.92 Å². The van der Waals surface area contributed by atoms with Crippen molar-refractivity contribution in [3.8, 4) is 0 Å². The van der Waals surface area contributed by atoms with Gasteiger partial charge in [-0.25, -0.2) is 0 Å². The van der Waals surface area contributed by atoms with Crippen LogP contribution in [0.15, 0.2) is 18.2 Å². The molecule has 0 bridgehead atoms. The largest absolute Gasteiger partial charge is 0.348 e. The molecule has 0 heterocycles. The maximum Gasteiger partial charge on any atom is 0.282 e. The lowest BCUT2D eigenvalue weighted by molar-refractivity contribution is -0.385. The summed E-state index contributed by atoms with van der Waals surface area (Å²) in [6, 6.07) is 3.56. The molecule has 0 fully saturated rings. The number of nitrogens with two attached hydrogens (primary N) is 1. The lowest BCUT2D eigenvalue weighted by Gasteiger charge is -2.11. The highest BCUT2D eigenvalue weighted by molar-refractivity contribution is 6.31. The maximum atomic E-state index is 11.8. The van der Waals surface area contributed by atoms with E-state index in [2.05, 4.69) is 5.32 Å². The van der Waals surface area contributed by atoms with Gasteiger partial charge in [-0.3, -0.25) is 14.9 Å². The topological polar surface area (TPSA) is 98.3 Å². The van der Waals surface area contributed by atoms with Crippen molar-refractivity contribution in [2.45, 2.75) is 13.0 Å². The van der Waals surface area contributed by atoms with Crippen LogP contribution >= 0.6 is 11.6 Å². The van der Waals surface area contributed by atoms with E-state index in [0.29, 0.717) is 0 Å². The Labute approximate surface area is 103 Å². The molecular weight excluding hydrogens is 246 g/mol. The average Bonchev–Trinajstić information content (AvgIpc) is 2.28. The molecule has 0 aliphatic heterocycles. The van der Waals surface area contributed by atoms with Crippen molar-refractivity contribution in [3.63, 3.8) is 0 Å². The molecule has 0 aliphatic rings. The second kappa shape index (κ2) is 5.60. The average molecular weight is 258 g/mol. The Bertz CT molecular complexity index is 450. The number of amides is 1. The number of carbonyl (C=O) groups excluding carboxylic acids is 1. The maximum absolute atomic E-state index is 11.8. The van der Waals surface area contributed by atoms with Crippen molar-refractivity contribution in [1.29, 1.82) is 0 Å². The van der Waals surface area contributed by atoms with Crippen LogP contribution in [0.5, 0.6) is 0 Å². The fourth-order valence-electron chi connectivity index (χ4n) is 1.21. The van der Waals surface area contributed by atoms with Gasteiger partial charge >= 0.3 is 0 Å². The fraction of sp³-hybridized carbons (Fsp3) is 0.300. The summed E-state index contributed by atoms with van der Waals surface area (Å²) in [4.78, 5) is 21.9. The van der Waals surface area contributed by atoms with Crippen LogP contribution in [-0.2, 0) is 0 Å². The minimum absolute atomic E-state index is 0.0669. The number of rotatable bonds is 4. The van der Waals surface area contributed by atoms with Crippen LogP contribution in [0.2, 0.25) is 5.02 Å². The van der Waals surface area contributed by atoms with Crippen LogP contribution in [-0.4, -0.2) is 23.4 Å². The van der Waals surface area contributed by atoms with Gasteiger partial charge < -0.3 is 11.1 Å². The van der Waals surface area contributed by atoms with E-state index in [9.17, 15) is 14.9 Å². The van der Waals surface area contributed by atoms with E-state index < -0.39 is 10.8 Å². The smallest absolute Gasteiger partial charge is 0.282 e. The molecule has 7 heteroatoms. The third-order valence-corrected chi connectivity index (χ3v) is 2.37. The Balaban J connectivity index is 3.06. The molecule has 0 aromatic heterocycles. The standard InChI is InChI=1S/C10H12ClN3O3/c1-6(5-12)13-10(15)8-4-7(11)2-3-9(8)14(16)17/h2-4,6H,5,12H2,1H3,(H,13,15)/t6-/m0/s1. The van der Waals surface area contributed by atoms with Gasteiger partial charge in [0.2, 0.25) is 0 Å². The van der Waals surface area contributed by atoms with Crippen LogP contribution in [0.25, 0.3) is 0 Å². The van der Waals surface area contributed by atoms with Gasteiger partial charge in [0, 0.05) is 23.7 Å². The van der Waals surface area contributed by atoms with E-state index in [1.54, 1.807) is 6.92 Å². The number of halogens is 1. The van der Waals surface area contributed by atoms with Crippen LogP contribution in [0, 0.1) is 10.1 Å². The lowest BCUT2D eigenvalue weighted by Crippen LogP contribution is -2.38. The number of nitrogens with one attached hydrogen (secondary N) is 1. The quantitative estimate of drug-likeness (QED) is 0.628. The summed E-state index contributed by atoms with van der Waals surface area (Å²) < 4.78 is 0. The van der Waals surface area contributed by atoms with Gasteiger partial charge in [-0.05, 0) is 19.1 Å². The molecule has 1 aromatic carbocycles. The van der Waals surface area contributed by atoms with Crippen LogP contribution in [0.4, 0.5) is 5.69 Å². The summed E-state index contributed by atoms with van der Waals surface area (Å²) in [5, 5.41) is 13.6. The summed E-state index contributed by atoms with van der Waals surface area (Å²) in [6.07, 6.45) is 0. The van der Waals surface area contributed by atoms with Crippen molar-refractivity contribution >= 4 is 23.2 Å². The fourth-order valence-corrected chi connectivity index (χ4v) is 1.38. The Kier molecular flexibility index (Phi) is 4.42. The van der Waals surface area contributed by atoms with E-state index in [0.717, 1.165) is 0 Å². The molecule has 0 radical (unpaired) electrons. The number of hydrogen-bond donors (Lipinski definition) is 2. The molecule has 1 rings (SSSR count). The second-order valence-corrected chi connectivity index (χ2v) is 3.97. The Morgan fingerprint density at radius 3 is 2.82 bits per heavy atom. The van der Waals surface area contributed by atoms with Crippen molar-refractivity contribution in [1.82, 2.24) is 5.32 Å². The van der Waals surface area contributed by atoms with Gasteiger partial charge in [0.15, 0.2) is 0 Å². The number of nitro groups is 1. The van der Waals surface area contributed by atoms with Gasteiger partial charge in [-0.15, -0.1) is 0 Å². The predicted octanol–water partition coefficient (Wildman–Crippen LogP) is 1.33. The monoisotopic (exact) mass is 257 g/mol. The molecule has 0 saturated heterocycles. The summed E-state index contributed by atoms with van der Waals surface area (Å²) in [5.74, 6) is -0.558. The normalized spacial score (nSPS) is 11.9. The molecular formula is C10H12ClN3O3. The minimum Gasteiger partial charge on any atom is -0.348 e. The highest BCUT2D eigenvalue weighted by Crippen LogP contribution is 2.22. The first-order chi connectivity index (χ1) is 7.95. The number of benzene rings is 1. The van der Waals surface area contributed by atoms with E-state index >= 15 is 0 Å². The first-order valence-corrected chi connectivity index (χ1v) is 5.28. The zero-order chi connectivity index (χ0) is 13.0. The molecule has 0 unspecified atom stereocenters. The Morgan fingerprint density at radius 1 is 1.65 bits per heavy atom. The molecule has 0 saturated carbocycles. The number of carbonyl (C=O) groups is 1. The summed E-state index contributed by atoms with van der Waals surface area (Å²) in [5.41, 5.74) is 5.00. The van der Waals surface area contributed by atoms with Gasteiger partial charge in [0.1, 0.15) is 5.56 Å². The third-order valence-electron chi connectivity index (χ3n) is 2.13. The molecule has 1 aromatic rings. The first-order valence-electron chi connectivity index (χ1n) is 4.90. The molecule has 0 spiro atoms. The molecule has 0 aliphatic carbocycles. The summed E-state index contributed by atoms with van der Waals surface area (Å²) >= 11 is 5.71. The molecule has 1 amide bonds. The third kappa shape index (κ3) is 3.40. The Morgan fingerprint density at radius 2 is 2.29 bits per heavy atom. The molecule has 92 valence electrons. The van der Waals surface area contributed by atoms with E-state index in [-0.39, 0.29) is 28.9 Å². The van der Waals surface area contributed by atoms with E-state index in [1.807, 2.05) is 0 Å². The van der Waals surface area contributed by atoms with Crippen LogP contribution in [0.1, 0.15) is 17.3 Å².